The van der Waals surface area contributed by atoms with Crippen LogP contribution < -0.4 is 5.32 Å². The van der Waals surface area contributed by atoms with E-state index >= 15 is 0 Å². The maximum absolute atomic E-state index is 12.8. The van der Waals surface area contributed by atoms with Crippen LogP contribution in [0.1, 0.15) is 16.1 Å². The van der Waals surface area contributed by atoms with Gasteiger partial charge in [0.2, 0.25) is 0 Å². The Morgan fingerprint density at radius 1 is 0.962 bits per heavy atom. The first-order valence-corrected chi connectivity index (χ1v) is 8.32. The molecule has 0 spiro atoms. The molecule has 4 aromatic rings. The van der Waals surface area contributed by atoms with Crippen LogP contribution in [0.3, 0.4) is 0 Å². The Morgan fingerprint density at radius 3 is 2.38 bits per heavy atom. The van der Waals surface area contributed by atoms with Gasteiger partial charge in [0, 0.05) is 5.56 Å². The van der Waals surface area contributed by atoms with Gasteiger partial charge in [-0.2, -0.15) is 5.10 Å². The molecule has 0 atom stereocenters. The lowest BCUT2D eigenvalue weighted by molar-refractivity contribution is 0.0948. The lowest BCUT2D eigenvalue weighted by Gasteiger charge is -2.10. The first-order chi connectivity index (χ1) is 12.8. The summed E-state index contributed by atoms with van der Waals surface area (Å²) >= 11 is 0. The number of carbonyl (C=O) groups is 1. The summed E-state index contributed by atoms with van der Waals surface area (Å²) in [5.74, 6) is 0.512. The fourth-order valence-corrected chi connectivity index (χ4v) is 2.83. The van der Waals surface area contributed by atoms with Crippen molar-refractivity contribution in [3.05, 3.63) is 96.6 Å². The monoisotopic (exact) mass is 343 g/mol. The topological polar surface area (TPSA) is 60.1 Å². The summed E-state index contributed by atoms with van der Waals surface area (Å²) in [6.07, 6.45) is 3.19. The van der Waals surface area contributed by atoms with E-state index in [9.17, 15) is 4.79 Å². The Morgan fingerprint density at radius 2 is 1.69 bits per heavy atom. The number of amides is 1. The van der Waals surface area contributed by atoms with Crippen LogP contribution >= 0.6 is 0 Å². The van der Waals surface area contributed by atoms with Crippen molar-refractivity contribution in [2.24, 2.45) is 0 Å². The van der Waals surface area contributed by atoms with Gasteiger partial charge in [0.25, 0.3) is 5.91 Å². The van der Waals surface area contributed by atoms with Gasteiger partial charge in [-0.05, 0) is 24.3 Å². The molecule has 128 valence electrons. The lowest BCUT2D eigenvalue weighted by atomic mass is 10.1. The second kappa shape index (κ2) is 7.11. The number of hydrogen-bond donors (Lipinski definition) is 1. The van der Waals surface area contributed by atoms with E-state index in [1.807, 2.05) is 66.7 Å². The molecule has 0 fully saturated rings. The molecule has 5 heteroatoms. The number of nitrogens with zero attached hydrogens (tertiary/aromatic N) is 2. The molecule has 4 rings (SSSR count). The van der Waals surface area contributed by atoms with Crippen LogP contribution in [-0.4, -0.2) is 15.7 Å². The van der Waals surface area contributed by atoms with Crippen LogP contribution in [0.5, 0.6) is 0 Å². The van der Waals surface area contributed by atoms with E-state index in [4.69, 9.17) is 4.42 Å². The molecule has 0 bridgehead atoms. The van der Waals surface area contributed by atoms with Crippen molar-refractivity contribution in [2.75, 3.05) is 0 Å². The van der Waals surface area contributed by atoms with Gasteiger partial charge in [-0.25, -0.2) is 4.68 Å². The summed E-state index contributed by atoms with van der Waals surface area (Å²) in [5, 5.41) is 7.35. The van der Waals surface area contributed by atoms with E-state index in [1.54, 1.807) is 23.2 Å². The fraction of sp³-hybridized carbons (Fsp3) is 0.0476. The third-order valence-electron chi connectivity index (χ3n) is 4.07. The maximum atomic E-state index is 12.8. The van der Waals surface area contributed by atoms with E-state index in [2.05, 4.69) is 10.4 Å². The Hall–Kier alpha value is -3.60. The summed E-state index contributed by atoms with van der Waals surface area (Å²) < 4.78 is 7.06. The number of carbonyl (C=O) groups excluding carboxylic acids is 1. The highest BCUT2D eigenvalue weighted by atomic mass is 16.3. The van der Waals surface area contributed by atoms with Gasteiger partial charge in [0.05, 0.1) is 35.9 Å². The standard InChI is InChI=1S/C21H17N3O2/c25-21(22-14-18-12-7-13-26-18)19-15-23-24(17-10-5-2-6-11-17)20(19)16-8-3-1-4-9-16/h1-13,15H,14H2,(H,22,25). The molecule has 0 unspecified atom stereocenters. The van der Waals surface area contributed by atoms with E-state index in [-0.39, 0.29) is 5.91 Å². The number of furan rings is 1. The normalized spacial score (nSPS) is 10.6. The number of benzene rings is 2. The summed E-state index contributed by atoms with van der Waals surface area (Å²) in [6, 6.07) is 23.2. The largest absolute Gasteiger partial charge is 0.467 e. The van der Waals surface area contributed by atoms with Gasteiger partial charge < -0.3 is 9.73 Å². The van der Waals surface area contributed by atoms with Crippen molar-refractivity contribution < 1.29 is 9.21 Å². The fourth-order valence-electron chi connectivity index (χ4n) is 2.83. The van der Waals surface area contributed by atoms with Crippen LogP contribution in [0.25, 0.3) is 16.9 Å². The quantitative estimate of drug-likeness (QED) is 0.594. The molecule has 26 heavy (non-hydrogen) atoms. The van der Waals surface area contributed by atoms with E-state index < -0.39 is 0 Å². The minimum absolute atomic E-state index is 0.192. The maximum Gasteiger partial charge on any atom is 0.255 e. The van der Waals surface area contributed by atoms with Gasteiger partial charge in [0.1, 0.15) is 5.76 Å². The number of rotatable bonds is 5. The van der Waals surface area contributed by atoms with E-state index in [0.29, 0.717) is 17.9 Å². The van der Waals surface area contributed by atoms with Gasteiger partial charge in [-0.3, -0.25) is 4.79 Å². The molecule has 5 nitrogen and oxygen atoms in total. The van der Waals surface area contributed by atoms with E-state index in [1.165, 1.54) is 0 Å². The number of para-hydroxylation sites is 1. The number of hydrogen-bond acceptors (Lipinski definition) is 3. The Kier molecular flexibility index (Phi) is 4.35. The van der Waals surface area contributed by atoms with Crippen LogP contribution in [0.4, 0.5) is 0 Å². The second-order valence-corrected chi connectivity index (χ2v) is 5.78. The molecule has 0 saturated heterocycles. The molecule has 1 amide bonds. The third-order valence-corrected chi connectivity index (χ3v) is 4.07. The van der Waals surface area contributed by atoms with Crippen molar-refractivity contribution in [1.29, 1.82) is 0 Å². The average Bonchev–Trinajstić information content (AvgIpc) is 3.37. The second-order valence-electron chi connectivity index (χ2n) is 5.78. The smallest absolute Gasteiger partial charge is 0.255 e. The summed E-state index contributed by atoms with van der Waals surface area (Å²) in [6.45, 7) is 0.330. The Balaban J connectivity index is 1.72. The zero-order valence-corrected chi connectivity index (χ0v) is 14.0. The van der Waals surface area contributed by atoms with E-state index in [0.717, 1.165) is 16.9 Å². The SMILES string of the molecule is O=C(NCc1ccco1)c1cnn(-c2ccccc2)c1-c1ccccc1. The highest BCUT2D eigenvalue weighted by molar-refractivity contribution is 6.00. The van der Waals surface area contributed by atoms with Crippen LogP contribution in [0, 0.1) is 0 Å². The first-order valence-electron chi connectivity index (χ1n) is 8.32. The molecule has 0 saturated carbocycles. The van der Waals surface area contributed by atoms with Crippen LogP contribution in [0.15, 0.2) is 89.7 Å². The molecular formula is C21H17N3O2. The van der Waals surface area contributed by atoms with Crippen molar-refractivity contribution in [3.63, 3.8) is 0 Å². The summed E-state index contributed by atoms with van der Waals surface area (Å²) in [5.41, 5.74) is 3.11. The van der Waals surface area contributed by atoms with Gasteiger partial charge >= 0.3 is 0 Å². The van der Waals surface area contributed by atoms with Crippen molar-refractivity contribution in [1.82, 2.24) is 15.1 Å². The zero-order valence-electron chi connectivity index (χ0n) is 14.0. The Bertz CT molecular complexity index is 990. The van der Waals surface area contributed by atoms with Crippen molar-refractivity contribution in [2.45, 2.75) is 6.54 Å². The van der Waals surface area contributed by atoms with Crippen LogP contribution in [-0.2, 0) is 6.54 Å². The predicted molar refractivity (Wildman–Crippen MR) is 98.9 cm³/mol. The highest BCUT2D eigenvalue weighted by Crippen LogP contribution is 2.26. The van der Waals surface area contributed by atoms with Crippen LogP contribution in [0.2, 0.25) is 0 Å². The Labute approximate surface area is 150 Å². The minimum atomic E-state index is -0.192. The molecule has 0 aliphatic heterocycles. The molecule has 2 heterocycles. The van der Waals surface area contributed by atoms with Crippen molar-refractivity contribution in [3.8, 4) is 16.9 Å². The molecule has 1 N–H and O–H groups in total. The molecule has 0 aliphatic rings. The predicted octanol–water partition coefficient (Wildman–Crippen LogP) is 4.06. The third kappa shape index (κ3) is 3.15. The molecule has 2 aromatic heterocycles. The van der Waals surface area contributed by atoms with Gasteiger partial charge in [0.15, 0.2) is 0 Å². The summed E-state index contributed by atoms with van der Waals surface area (Å²) in [4.78, 5) is 12.8. The van der Waals surface area contributed by atoms with Gasteiger partial charge in [-0.1, -0.05) is 48.5 Å². The average molecular weight is 343 g/mol. The molecule has 0 aliphatic carbocycles. The van der Waals surface area contributed by atoms with Crippen molar-refractivity contribution >= 4 is 5.91 Å². The minimum Gasteiger partial charge on any atom is -0.467 e. The first kappa shape index (κ1) is 15.9. The highest BCUT2D eigenvalue weighted by Gasteiger charge is 2.20. The van der Waals surface area contributed by atoms with Gasteiger partial charge in [-0.15, -0.1) is 0 Å². The molecule has 2 aromatic carbocycles. The molecular weight excluding hydrogens is 326 g/mol. The summed E-state index contributed by atoms with van der Waals surface area (Å²) in [7, 11) is 0. The number of aromatic nitrogens is 2. The number of nitrogens with one attached hydrogen (secondary N) is 1. The zero-order chi connectivity index (χ0) is 17.8. The molecule has 0 radical (unpaired) electrons. The lowest BCUT2D eigenvalue weighted by Crippen LogP contribution is -2.23.